The Kier molecular flexibility index (Phi) is 7.55. The summed E-state index contributed by atoms with van der Waals surface area (Å²) < 4.78 is 0. The van der Waals surface area contributed by atoms with Gasteiger partial charge >= 0.3 is 19.5 Å². The number of aromatic nitrogens is 4. The summed E-state index contributed by atoms with van der Waals surface area (Å²) in [5, 5.41) is 0. The van der Waals surface area contributed by atoms with Crippen LogP contribution < -0.4 is 0 Å². The zero-order valence-electron chi connectivity index (χ0n) is 13.4. The first kappa shape index (κ1) is 18.6. The van der Waals surface area contributed by atoms with Crippen molar-refractivity contribution < 1.29 is 19.5 Å². The molecule has 4 nitrogen and oxygen atoms in total. The van der Waals surface area contributed by atoms with Crippen LogP contribution >= 0.6 is 0 Å². The largest absolute Gasteiger partial charge is 1.00 e. The number of hydrogen-bond acceptors (Lipinski definition) is 4. The van der Waals surface area contributed by atoms with Crippen molar-refractivity contribution in [2.45, 2.75) is 0 Å². The van der Waals surface area contributed by atoms with Crippen LogP contribution in [-0.2, 0) is 19.5 Å². The predicted molar refractivity (Wildman–Crippen MR) is 94.9 cm³/mol. The Morgan fingerprint density at radius 2 is 0.600 bits per heavy atom. The van der Waals surface area contributed by atoms with E-state index in [-0.39, 0.29) is 19.5 Å². The first-order valence-corrected chi connectivity index (χ1v) is 7.58. The zero-order valence-corrected chi connectivity index (χ0v) is 15.1. The molecule has 5 heteroatoms. The summed E-state index contributed by atoms with van der Waals surface area (Å²) in [5.74, 6) is 0. The van der Waals surface area contributed by atoms with E-state index in [1.54, 1.807) is 24.8 Å². The Labute approximate surface area is 159 Å². The summed E-state index contributed by atoms with van der Waals surface area (Å²) in [7, 11) is 0. The molecule has 4 heterocycles. The van der Waals surface area contributed by atoms with Crippen LogP contribution in [0.3, 0.4) is 0 Å². The molecule has 0 saturated heterocycles. The SMILES string of the molecule is [Ru+].c1ccc(-c2ccccn2)nc1.c1ccc(-c2ccccn2)nc1. The smallest absolute Gasteiger partial charge is 0.255 e. The number of hydrogen-bond donors (Lipinski definition) is 0. The first-order valence-electron chi connectivity index (χ1n) is 7.58. The normalized spacial score (nSPS) is 9.28. The fourth-order valence-electron chi connectivity index (χ4n) is 2.06. The second-order valence-electron chi connectivity index (χ2n) is 4.86. The van der Waals surface area contributed by atoms with Gasteiger partial charge in [0, 0.05) is 24.8 Å². The van der Waals surface area contributed by atoms with Gasteiger partial charge in [0.05, 0.1) is 22.8 Å². The minimum atomic E-state index is 0. The van der Waals surface area contributed by atoms with Crippen molar-refractivity contribution in [3.8, 4) is 22.8 Å². The third-order valence-electron chi connectivity index (χ3n) is 3.18. The van der Waals surface area contributed by atoms with E-state index in [2.05, 4.69) is 19.9 Å². The molecular formula is C20H16N4Ru+. The van der Waals surface area contributed by atoms with Gasteiger partial charge in [-0.15, -0.1) is 0 Å². The van der Waals surface area contributed by atoms with Gasteiger partial charge in [0.1, 0.15) is 0 Å². The third kappa shape index (κ3) is 5.66. The molecule has 4 aromatic rings. The maximum atomic E-state index is 4.19. The van der Waals surface area contributed by atoms with Gasteiger partial charge in [-0.05, 0) is 48.5 Å². The van der Waals surface area contributed by atoms with Crippen molar-refractivity contribution in [2.24, 2.45) is 0 Å². The van der Waals surface area contributed by atoms with Crippen LogP contribution in [0.25, 0.3) is 22.8 Å². The van der Waals surface area contributed by atoms with Gasteiger partial charge in [-0.1, -0.05) is 24.3 Å². The monoisotopic (exact) mass is 414 g/mol. The second kappa shape index (κ2) is 10.2. The maximum absolute atomic E-state index is 4.19. The maximum Gasteiger partial charge on any atom is 1.00 e. The van der Waals surface area contributed by atoms with Crippen molar-refractivity contribution in [1.82, 2.24) is 19.9 Å². The van der Waals surface area contributed by atoms with Gasteiger partial charge in [-0.2, -0.15) is 0 Å². The zero-order chi connectivity index (χ0) is 16.5. The second-order valence-corrected chi connectivity index (χ2v) is 4.86. The van der Waals surface area contributed by atoms with Crippen LogP contribution in [0, 0.1) is 0 Å². The molecule has 0 aromatic carbocycles. The Bertz CT molecular complexity index is 692. The summed E-state index contributed by atoms with van der Waals surface area (Å²) in [6.07, 6.45) is 7.07. The van der Waals surface area contributed by atoms with Gasteiger partial charge in [0.25, 0.3) is 0 Å². The molecule has 0 bridgehead atoms. The van der Waals surface area contributed by atoms with Crippen LogP contribution in [0.1, 0.15) is 0 Å². The van der Waals surface area contributed by atoms with Gasteiger partial charge in [-0.3, -0.25) is 19.9 Å². The van der Waals surface area contributed by atoms with E-state index in [1.165, 1.54) is 0 Å². The molecule has 0 aliphatic heterocycles. The van der Waals surface area contributed by atoms with E-state index in [1.807, 2.05) is 72.8 Å². The average Bonchev–Trinajstić information content (AvgIpc) is 2.71. The molecule has 1 radical (unpaired) electrons. The van der Waals surface area contributed by atoms with Gasteiger partial charge in [0.2, 0.25) is 0 Å². The predicted octanol–water partition coefficient (Wildman–Crippen LogP) is 4.28. The Morgan fingerprint density at radius 3 is 0.760 bits per heavy atom. The van der Waals surface area contributed by atoms with Gasteiger partial charge < -0.3 is 0 Å². The molecule has 0 atom stereocenters. The molecule has 0 spiro atoms. The third-order valence-corrected chi connectivity index (χ3v) is 3.18. The van der Waals surface area contributed by atoms with Crippen LogP contribution in [-0.4, -0.2) is 19.9 Å². The van der Waals surface area contributed by atoms with E-state index < -0.39 is 0 Å². The molecule has 4 rings (SSSR count). The van der Waals surface area contributed by atoms with E-state index in [9.17, 15) is 0 Å². The average molecular weight is 413 g/mol. The molecule has 0 unspecified atom stereocenters. The van der Waals surface area contributed by atoms with E-state index >= 15 is 0 Å². The molecule has 123 valence electrons. The molecule has 0 saturated carbocycles. The summed E-state index contributed by atoms with van der Waals surface area (Å²) in [5.41, 5.74) is 3.66. The van der Waals surface area contributed by atoms with Gasteiger partial charge in [0.15, 0.2) is 0 Å². The van der Waals surface area contributed by atoms with E-state index in [0.29, 0.717) is 0 Å². The summed E-state index contributed by atoms with van der Waals surface area (Å²) >= 11 is 0. The fraction of sp³-hybridized carbons (Fsp3) is 0. The first-order chi connectivity index (χ1) is 11.9. The Hall–Kier alpha value is -2.78. The quantitative estimate of drug-likeness (QED) is 0.460. The molecule has 0 fully saturated rings. The molecule has 25 heavy (non-hydrogen) atoms. The summed E-state index contributed by atoms with van der Waals surface area (Å²) in [6.45, 7) is 0. The Balaban J connectivity index is 0.000000173. The molecule has 0 amide bonds. The topological polar surface area (TPSA) is 51.6 Å². The van der Waals surface area contributed by atoms with Crippen LogP contribution in [0.5, 0.6) is 0 Å². The van der Waals surface area contributed by atoms with Gasteiger partial charge in [-0.25, -0.2) is 0 Å². The van der Waals surface area contributed by atoms with Crippen LogP contribution in [0.4, 0.5) is 0 Å². The molecule has 0 aliphatic carbocycles. The van der Waals surface area contributed by atoms with Crippen molar-refractivity contribution in [3.05, 3.63) is 97.6 Å². The van der Waals surface area contributed by atoms with Crippen molar-refractivity contribution in [3.63, 3.8) is 0 Å². The number of pyridine rings is 4. The minimum Gasteiger partial charge on any atom is -0.255 e. The molecule has 4 aromatic heterocycles. The van der Waals surface area contributed by atoms with E-state index in [0.717, 1.165) is 22.8 Å². The summed E-state index contributed by atoms with van der Waals surface area (Å²) in [6, 6.07) is 23.2. The fourth-order valence-corrected chi connectivity index (χ4v) is 2.06. The molecule has 0 aliphatic rings. The minimum absolute atomic E-state index is 0. The van der Waals surface area contributed by atoms with Crippen LogP contribution in [0.15, 0.2) is 97.6 Å². The molecule has 0 N–H and O–H groups in total. The number of rotatable bonds is 2. The standard InChI is InChI=1S/2C10H8N2.Ru/c2*1-3-7-11-9(5-1)10-6-2-4-8-12-10;/h2*1-8H;/q;;+1. The number of nitrogens with zero attached hydrogens (tertiary/aromatic N) is 4. The van der Waals surface area contributed by atoms with E-state index in [4.69, 9.17) is 0 Å². The van der Waals surface area contributed by atoms with Crippen LogP contribution in [0.2, 0.25) is 0 Å². The van der Waals surface area contributed by atoms with Crippen molar-refractivity contribution in [2.75, 3.05) is 0 Å². The Morgan fingerprint density at radius 1 is 0.360 bits per heavy atom. The van der Waals surface area contributed by atoms with Crippen molar-refractivity contribution in [1.29, 1.82) is 0 Å². The van der Waals surface area contributed by atoms with Crippen molar-refractivity contribution >= 4 is 0 Å². The molecular weight excluding hydrogens is 397 g/mol. The summed E-state index contributed by atoms with van der Waals surface area (Å²) in [4.78, 5) is 16.7.